The molecular weight excluding hydrogens is 410 g/mol. The Morgan fingerprint density at radius 3 is 2.42 bits per heavy atom. The van der Waals surface area contributed by atoms with E-state index in [2.05, 4.69) is 10.2 Å². The lowest BCUT2D eigenvalue weighted by atomic mass is 9.89. The topological polar surface area (TPSA) is 80.5 Å². The Hall–Kier alpha value is -3.00. The van der Waals surface area contributed by atoms with E-state index in [0.29, 0.717) is 17.1 Å². The van der Waals surface area contributed by atoms with Gasteiger partial charge in [0.15, 0.2) is 5.82 Å². The number of fused-ring (bicyclic) bond motifs is 3. The van der Waals surface area contributed by atoms with Gasteiger partial charge in [0.25, 0.3) is 10.0 Å². The van der Waals surface area contributed by atoms with Gasteiger partial charge in [-0.3, -0.25) is 4.40 Å². The second-order valence-corrected chi connectivity index (χ2v) is 10.2. The van der Waals surface area contributed by atoms with Gasteiger partial charge in [0.1, 0.15) is 5.82 Å². The molecule has 0 aliphatic heterocycles. The summed E-state index contributed by atoms with van der Waals surface area (Å²) < 4.78 is 30.0. The van der Waals surface area contributed by atoms with Crippen LogP contribution in [0.2, 0.25) is 0 Å². The summed E-state index contributed by atoms with van der Waals surface area (Å²) in [5.41, 5.74) is 3.08. The van der Waals surface area contributed by atoms with Crippen LogP contribution in [0, 0.1) is 6.92 Å². The molecule has 31 heavy (non-hydrogen) atoms. The third kappa shape index (κ3) is 3.35. The quantitative estimate of drug-likeness (QED) is 0.473. The number of hydrogen-bond donors (Lipinski definition) is 0. The monoisotopic (exact) mass is 435 g/mol. The minimum atomic E-state index is -3.79. The van der Waals surface area contributed by atoms with Crippen LogP contribution in [0.1, 0.15) is 49.4 Å². The molecule has 2 aromatic heterocycles. The molecule has 0 unspecified atom stereocenters. The number of nitrogens with zero attached hydrogens (tertiary/aromatic N) is 5. The number of benzene rings is 2. The van der Waals surface area contributed by atoms with Crippen LogP contribution in [0.3, 0.4) is 0 Å². The highest BCUT2D eigenvalue weighted by Crippen LogP contribution is 2.35. The summed E-state index contributed by atoms with van der Waals surface area (Å²) in [5.74, 6) is 1.51. The van der Waals surface area contributed by atoms with Crippen LogP contribution in [0.15, 0.2) is 53.4 Å². The molecule has 0 amide bonds. The van der Waals surface area contributed by atoms with Crippen molar-refractivity contribution in [3.05, 3.63) is 59.9 Å². The highest BCUT2D eigenvalue weighted by molar-refractivity contribution is 7.92. The Morgan fingerprint density at radius 2 is 1.68 bits per heavy atom. The van der Waals surface area contributed by atoms with E-state index in [-0.39, 0.29) is 10.7 Å². The van der Waals surface area contributed by atoms with Crippen LogP contribution < -0.4 is 4.31 Å². The summed E-state index contributed by atoms with van der Waals surface area (Å²) in [6.07, 6.45) is 5.75. The molecule has 7 nitrogen and oxygen atoms in total. The van der Waals surface area contributed by atoms with E-state index < -0.39 is 10.0 Å². The predicted molar refractivity (Wildman–Crippen MR) is 121 cm³/mol. The molecule has 5 rings (SSSR count). The molecule has 1 aliphatic carbocycles. The molecular formula is C23H25N5O2S. The third-order valence-corrected chi connectivity index (χ3v) is 7.95. The van der Waals surface area contributed by atoms with E-state index in [9.17, 15) is 8.42 Å². The number of aryl methyl sites for hydroxylation is 1. The third-order valence-electron chi connectivity index (χ3n) is 6.19. The number of para-hydroxylation sites is 2. The van der Waals surface area contributed by atoms with Crippen molar-refractivity contribution < 1.29 is 8.42 Å². The molecule has 0 atom stereocenters. The van der Waals surface area contributed by atoms with E-state index in [1.165, 1.54) is 30.6 Å². The van der Waals surface area contributed by atoms with Crippen LogP contribution in [0.4, 0.5) is 5.82 Å². The van der Waals surface area contributed by atoms with Crippen LogP contribution in [-0.2, 0) is 10.0 Å². The van der Waals surface area contributed by atoms with E-state index in [1.807, 2.05) is 35.6 Å². The summed E-state index contributed by atoms with van der Waals surface area (Å²) >= 11 is 0. The minimum Gasteiger partial charge on any atom is -0.274 e. The van der Waals surface area contributed by atoms with Gasteiger partial charge in [-0.25, -0.2) is 17.7 Å². The van der Waals surface area contributed by atoms with Gasteiger partial charge in [-0.2, -0.15) is 0 Å². The number of hydrogen-bond acceptors (Lipinski definition) is 5. The molecule has 1 saturated carbocycles. The summed E-state index contributed by atoms with van der Waals surface area (Å²) in [6.45, 7) is 1.93. The van der Waals surface area contributed by atoms with Crippen molar-refractivity contribution in [3.63, 3.8) is 0 Å². The maximum Gasteiger partial charge on any atom is 0.265 e. The number of sulfonamides is 1. The minimum absolute atomic E-state index is 0.223. The van der Waals surface area contributed by atoms with E-state index in [4.69, 9.17) is 4.98 Å². The van der Waals surface area contributed by atoms with Gasteiger partial charge >= 0.3 is 0 Å². The van der Waals surface area contributed by atoms with Crippen LogP contribution in [0.5, 0.6) is 0 Å². The van der Waals surface area contributed by atoms with E-state index >= 15 is 0 Å². The average Bonchev–Trinajstić information content (AvgIpc) is 3.24. The molecule has 160 valence electrons. The average molecular weight is 436 g/mol. The van der Waals surface area contributed by atoms with Crippen molar-refractivity contribution >= 4 is 32.5 Å². The second kappa shape index (κ2) is 7.60. The van der Waals surface area contributed by atoms with Gasteiger partial charge in [0.2, 0.25) is 5.65 Å². The van der Waals surface area contributed by atoms with Gasteiger partial charge in [0.05, 0.1) is 15.9 Å². The van der Waals surface area contributed by atoms with Gasteiger partial charge in [-0.1, -0.05) is 49.1 Å². The van der Waals surface area contributed by atoms with E-state index in [1.54, 1.807) is 24.3 Å². The molecule has 1 fully saturated rings. The summed E-state index contributed by atoms with van der Waals surface area (Å²) in [5, 5.41) is 8.96. The zero-order valence-corrected chi connectivity index (χ0v) is 18.5. The fraction of sp³-hybridized carbons (Fsp3) is 0.348. The fourth-order valence-electron chi connectivity index (χ4n) is 4.41. The van der Waals surface area contributed by atoms with Crippen molar-refractivity contribution in [2.45, 2.75) is 49.8 Å². The second-order valence-electron chi connectivity index (χ2n) is 8.26. The van der Waals surface area contributed by atoms with Crippen molar-refractivity contribution in [1.82, 2.24) is 19.6 Å². The lowest BCUT2D eigenvalue weighted by Crippen LogP contribution is -2.28. The smallest absolute Gasteiger partial charge is 0.265 e. The van der Waals surface area contributed by atoms with Gasteiger partial charge in [-0.05, 0) is 44.0 Å². The first kappa shape index (κ1) is 19.9. The molecule has 0 radical (unpaired) electrons. The first-order chi connectivity index (χ1) is 15.0. The molecule has 2 heterocycles. The van der Waals surface area contributed by atoms with Crippen molar-refractivity contribution in [1.29, 1.82) is 0 Å². The van der Waals surface area contributed by atoms with Crippen LogP contribution in [-0.4, -0.2) is 35.0 Å². The molecule has 4 aromatic rings. The van der Waals surface area contributed by atoms with Crippen LogP contribution in [0.25, 0.3) is 16.7 Å². The standard InChI is InChI=1S/C23H25N5O2S/c1-16-12-14-18(15-13-16)31(29,30)27(2)22-23-26-25-21(17-8-4-3-5-9-17)28(23)20-11-7-6-10-19(20)24-22/h6-7,10-15,17H,3-5,8-9H2,1-2H3. The maximum atomic E-state index is 13.4. The lowest BCUT2D eigenvalue weighted by molar-refractivity contribution is 0.427. The van der Waals surface area contributed by atoms with Crippen molar-refractivity contribution in [3.8, 4) is 0 Å². The predicted octanol–water partition coefficient (Wildman–Crippen LogP) is 4.46. The summed E-state index contributed by atoms with van der Waals surface area (Å²) in [4.78, 5) is 4.92. The normalized spacial score (nSPS) is 15.5. The molecule has 0 bridgehead atoms. The number of aromatic nitrogens is 4. The largest absolute Gasteiger partial charge is 0.274 e. The first-order valence-corrected chi connectivity index (χ1v) is 12.1. The maximum absolute atomic E-state index is 13.4. The highest BCUT2D eigenvalue weighted by Gasteiger charge is 2.29. The van der Waals surface area contributed by atoms with Crippen molar-refractivity contribution in [2.24, 2.45) is 0 Å². The molecule has 8 heteroatoms. The Kier molecular flexibility index (Phi) is 4.89. The summed E-state index contributed by atoms with van der Waals surface area (Å²) in [6, 6.07) is 14.6. The molecule has 0 saturated heterocycles. The highest BCUT2D eigenvalue weighted by atomic mass is 32.2. The Balaban J connectivity index is 1.71. The lowest BCUT2D eigenvalue weighted by Gasteiger charge is -2.22. The van der Waals surface area contributed by atoms with Crippen LogP contribution >= 0.6 is 0 Å². The SMILES string of the molecule is Cc1ccc(S(=O)(=O)N(C)c2nc3ccccc3n3c(C4CCCCC4)nnc23)cc1. The van der Waals surface area contributed by atoms with Gasteiger partial charge in [0, 0.05) is 13.0 Å². The van der Waals surface area contributed by atoms with Gasteiger partial charge < -0.3 is 0 Å². The number of anilines is 1. The molecule has 2 aromatic carbocycles. The Labute approximate surface area is 181 Å². The fourth-order valence-corrected chi connectivity index (χ4v) is 5.56. The van der Waals surface area contributed by atoms with Gasteiger partial charge in [-0.15, -0.1) is 10.2 Å². The number of rotatable bonds is 4. The van der Waals surface area contributed by atoms with E-state index in [0.717, 1.165) is 29.7 Å². The molecule has 0 N–H and O–H groups in total. The zero-order chi connectivity index (χ0) is 21.6. The first-order valence-electron chi connectivity index (χ1n) is 10.7. The van der Waals surface area contributed by atoms with Crippen molar-refractivity contribution in [2.75, 3.05) is 11.4 Å². The molecule has 0 spiro atoms. The summed E-state index contributed by atoms with van der Waals surface area (Å²) in [7, 11) is -2.27. The zero-order valence-electron chi connectivity index (χ0n) is 17.7. The molecule has 1 aliphatic rings. The Morgan fingerprint density at radius 1 is 0.968 bits per heavy atom. The Bertz CT molecular complexity index is 1360.